The Morgan fingerprint density at radius 3 is 2.85 bits per heavy atom. The first kappa shape index (κ1) is 14.5. The number of aromatic carboxylic acids is 1. The highest BCUT2D eigenvalue weighted by Crippen LogP contribution is 2.26. The molecule has 1 amide bonds. The van der Waals surface area contributed by atoms with E-state index in [0.717, 1.165) is 5.56 Å². The van der Waals surface area contributed by atoms with Gasteiger partial charge in [-0.05, 0) is 30.0 Å². The predicted octanol–water partition coefficient (Wildman–Crippen LogP) is 2.73. The molecule has 2 heterocycles. The summed E-state index contributed by atoms with van der Waals surface area (Å²) in [6.07, 6.45) is 1.40. The number of carboxylic acids is 1. The van der Waals surface area contributed by atoms with Crippen molar-refractivity contribution >= 4 is 34.8 Å². The number of nitrogens with zero attached hydrogens (tertiary/aromatic N) is 1. The van der Waals surface area contributed by atoms with Gasteiger partial charge in [-0.25, -0.2) is 4.79 Å². The topological polar surface area (TPSA) is 79.3 Å². The van der Waals surface area contributed by atoms with Gasteiger partial charge in [-0.15, -0.1) is 11.3 Å². The smallest absolute Gasteiger partial charge is 0.335 e. The summed E-state index contributed by atoms with van der Waals surface area (Å²) in [7, 11) is 0. The number of carboxylic acid groups (broad SMARTS) is 1. The van der Waals surface area contributed by atoms with Gasteiger partial charge in [-0.1, -0.05) is 11.6 Å². The Kier molecular flexibility index (Phi) is 4.36. The molecule has 2 aromatic heterocycles. The molecular weight excluding hydrogens is 300 g/mol. The Morgan fingerprint density at radius 1 is 1.50 bits per heavy atom. The molecule has 0 bridgehead atoms. The lowest BCUT2D eigenvalue weighted by Crippen LogP contribution is -2.22. The Morgan fingerprint density at radius 2 is 2.25 bits per heavy atom. The molecule has 0 aliphatic carbocycles. The van der Waals surface area contributed by atoms with Crippen molar-refractivity contribution in [2.75, 3.05) is 0 Å². The van der Waals surface area contributed by atoms with E-state index in [-0.39, 0.29) is 18.0 Å². The van der Waals surface area contributed by atoms with Crippen molar-refractivity contribution in [1.29, 1.82) is 0 Å². The Bertz CT molecular complexity index is 669. The van der Waals surface area contributed by atoms with Crippen LogP contribution in [-0.2, 0) is 6.54 Å². The summed E-state index contributed by atoms with van der Waals surface area (Å²) in [5.74, 6) is -1.33. The molecule has 104 valence electrons. The van der Waals surface area contributed by atoms with E-state index in [4.69, 9.17) is 16.7 Å². The molecule has 20 heavy (non-hydrogen) atoms. The average molecular weight is 311 g/mol. The number of pyridine rings is 1. The fourth-order valence-corrected chi connectivity index (χ4v) is 2.74. The molecule has 0 aliphatic rings. The molecule has 0 fully saturated rings. The number of aryl methyl sites for hydroxylation is 1. The number of carbonyl (C=O) groups excluding carboxylic acids is 1. The number of carbonyl (C=O) groups is 2. The van der Waals surface area contributed by atoms with E-state index in [0.29, 0.717) is 15.6 Å². The van der Waals surface area contributed by atoms with Gasteiger partial charge in [-0.2, -0.15) is 0 Å². The summed E-state index contributed by atoms with van der Waals surface area (Å²) in [4.78, 5) is 27.2. The number of aromatic nitrogens is 1. The minimum atomic E-state index is -1.03. The molecule has 2 aromatic rings. The van der Waals surface area contributed by atoms with Gasteiger partial charge in [0.05, 0.1) is 22.8 Å². The zero-order valence-electron chi connectivity index (χ0n) is 10.5. The van der Waals surface area contributed by atoms with Gasteiger partial charge in [-0.3, -0.25) is 9.78 Å². The maximum absolute atomic E-state index is 11.9. The SMILES string of the molecule is Cc1csc(C(=O)NCc2cc(C(=O)O)ccn2)c1Cl. The third-order valence-corrected chi connectivity index (χ3v) is 4.29. The van der Waals surface area contributed by atoms with Crippen LogP contribution in [0.4, 0.5) is 0 Å². The van der Waals surface area contributed by atoms with Gasteiger partial charge in [0.25, 0.3) is 5.91 Å². The largest absolute Gasteiger partial charge is 0.478 e. The molecular formula is C13H11ClN2O3S. The monoisotopic (exact) mass is 310 g/mol. The van der Waals surface area contributed by atoms with Crippen molar-refractivity contribution < 1.29 is 14.7 Å². The first-order chi connectivity index (χ1) is 9.49. The van der Waals surface area contributed by atoms with Crippen LogP contribution in [0.3, 0.4) is 0 Å². The van der Waals surface area contributed by atoms with E-state index in [1.807, 2.05) is 6.92 Å². The molecule has 7 heteroatoms. The van der Waals surface area contributed by atoms with Crippen molar-refractivity contribution in [2.24, 2.45) is 0 Å². The summed E-state index contributed by atoms with van der Waals surface area (Å²) in [5, 5.41) is 13.8. The quantitative estimate of drug-likeness (QED) is 0.910. The molecule has 0 radical (unpaired) electrons. The van der Waals surface area contributed by atoms with E-state index in [9.17, 15) is 9.59 Å². The van der Waals surface area contributed by atoms with E-state index in [1.165, 1.54) is 29.7 Å². The summed E-state index contributed by atoms with van der Waals surface area (Å²) in [6.45, 7) is 1.97. The van der Waals surface area contributed by atoms with Crippen molar-refractivity contribution in [3.8, 4) is 0 Å². The minimum Gasteiger partial charge on any atom is -0.478 e. The molecule has 5 nitrogen and oxygen atoms in total. The molecule has 0 aromatic carbocycles. The van der Waals surface area contributed by atoms with Crippen LogP contribution in [0.2, 0.25) is 5.02 Å². The lowest BCUT2D eigenvalue weighted by molar-refractivity contribution is 0.0696. The fourth-order valence-electron chi connectivity index (χ4n) is 1.54. The van der Waals surface area contributed by atoms with E-state index >= 15 is 0 Å². The maximum Gasteiger partial charge on any atom is 0.335 e. The van der Waals surface area contributed by atoms with Crippen LogP contribution in [0, 0.1) is 6.92 Å². The highest BCUT2D eigenvalue weighted by molar-refractivity contribution is 7.13. The highest BCUT2D eigenvalue weighted by atomic mass is 35.5. The molecule has 0 spiro atoms. The molecule has 0 atom stereocenters. The molecule has 2 rings (SSSR count). The van der Waals surface area contributed by atoms with Crippen molar-refractivity contribution in [2.45, 2.75) is 13.5 Å². The molecule has 2 N–H and O–H groups in total. The molecule has 0 unspecified atom stereocenters. The number of rotatable bonds is 4. The van der Waals surface area contributed by atoms with Crippen LogP contribution in [0.15, 0.2) is 23.7 Å². The minimum absolute atomic E-state index is 0.134. The van der Waals surface area contributed by atoms with Gasteiger partial charge < -0.3 is 10.4 Å². The van der Waals surface area contributed by atoms with Gasteiger partial charge in [0, 0.05) is 6.20 Å². The first-order valence-electron chi connectivity index (χ1n) is 5.69. The fraction of sp³-hybridized carbons (Fsp3) is 0.154. The normalized spacial score (nSPS) is 10.3. The molecule has 0 saturated heterocycles. The van der Waals surface area contributed by atoms with Gasteiger partial charge >= 0.3 is 5.97 Å². The number of halogens is 1. The van der Waals surface area contributed by atoms with Crippen molar-refractivity contribution in [3.05, 3.63) is 50.4 Å². The van der Waals surface area contributed by atoms with Crippen LogP contribution in [0.1, 0.15) is 31.3 Å². The Labute approximate surface area is 124 Å². The van der Waals surface area contributed by atoms with Gasteiger partial charge in [0.1, 0.15) is 4.88 Å². The third kappa shape index (κ3) is 3.15. The third-order valence-electron chi connectivity index (χ3n) is 2.60. The standard InChI is InChI=1S/C13H11ClN2O3S/c1-7-6-20-11(10(7)14)12(17)16-5-9-4-8(13(18)19)2-3-15-9/h2-4,6H,5H2,1H3,(H,16,17)(H,18,19). The number of hydrogen-bond donors (Lipinski definition) is 2. The van der Waals surface area contributed by atoms with E-state index in [2.05, 4.69) is 10.3 Å². The lowest BCUT2D eigenvalue weighted by Gasteiger charge is -2.04. The van der Waals surface area contributed by atoms with Crippen LogP contribution in [0.5, 0.6) is 0 Å². The van der Waals surface area contributed by atoms with Crippen LogP contribution >= 0.6 is 22.9 Å². The zero-order chi connectivity index (χ0) is 14.7. The van der Waals surface area contributed by atoms with Crippen molar-refractivity contribution in [3.63, 3.8) is 0 Å². The Hall–Kier alpha value is -1.92. The van der Waals surface area contributed by atoms with Crippen LogP contribution < -0.4 is 5.32 Å². The number of nitrogens with one attached hydrogen (secondary N) is 1. The average Bonchev–Trinajstić information content (AvgIpc) is 2.77. The summed E-state index contributed by atoms with van der Waals surface area (Å²) < 4.78 is 0. The summed E-state index contributed by atoms with van der Waals surface area (Å²) in [6, 6.07) is 2.82. The molecule has 0 saturated carbocycles. The lowest BCUT2D eigenvalue weighted by atomic mass is 10.2. The number of hydrogen-bond acceptors (Lipinski definition) is 4. The van der Waals surface area contributed by atoms with E-state index in [1.54, 1.807) is 5.38 Å². The van der Waals surface area contributed by atoms with Gasteiger partial charge in [0.2, 0.25) is 0 Å². The maximum atomic E-state index is 11.9. The predicted molar refractivity (Wildman–Crippen MR) is 76.4 cm³/mol. The van der Waals surface area contributed by atoms with Crippen LogP contribution in [0.25, 0.3) is 0 Å². The second kappa shape index (κ2) is 6.02. The second-order valence-corrected chi connectivity index (χ2v) is 5.34. The van der Waals surface area contributed by atoms with E-state index < -0.39 is 5.97 Å². The summed E-state index contributed by atoms with van der Waals surface area (Å²) in [5.41, 5.74) is 1.46. The highest BCUT2D eigenvalue weighted by Gasteiger charge is 2.14. The molecule has 0 aliphatic heterocycles. The summed E-state index contributed by atoms with van der Waals surface area (Å²) >= 11 is 7.28. The number of amides is 1. The van der Waals surface area contributed by atoms with Crippen LogP contribution in [-0.4, -0.2) is 22.0 Å². The first-order valence-corrected chi connectivity index (χ1v) is 6.95. The zero-order valence-corrected chi connectivity index (χ0v) is 12.1. The van der Waals surface area contributed by atoms with Gasteiger partial charge in [0.15, 0.2) is 0 Å². The second-order valence-electron chi connectivity index (χ2n) is 4.09. The number of thiophene rings is 1. The van der Waals surface area contributed by atoms with Crippen molar-refractivity contribution in [1.82, 2.24) is 10.3 Å². The Balaban J connectivity index is 2.05.